The van der Waals surface area contributed by atoms with Gasteiger partial charge in [-0.25, -0.2) is 4.39 Å². The summed E-state index contributed by atoms with van der Waals surface area (Å²) in [6.07, 6.45) is -3.16. The quantitative estimate of drug-likeness (QED) is 0.0716. The number of halogens is 4. The van der Waals surface area contributed by atoms with Gasteiger partial charge in [0.25, 0.3) is 11.4 Å². The van der Waals surface area contributed by atoms with Crippen LogP contribution in [-0.2, 0) is 19.7 Å². The SMILES string of the molecule is Cc1noc(C)c1-c1ccc(=O)n(Cc2cccc(OCc3nc(C4CN(CCOc5ccc(NCC#Cc6cc7c(N[C@@H]8CCN(C)C[C@@H]8F)cccc7n6CC(F)(F)F)cc5)C4)no3)c2)c1. The highest BCUT2D eigenvalue weighted by Crippen LogP contribution is 2.32. The number of alkyl halides is 4. The van der Waals surface area contributed by atoms with Crippen molar-refractivity contribution in [1.29, 1.82) is 0 Å². The van der Waals surface area contributed by atoms with Crippen LogP contribution < -0.4 is 25.7 Å². The predicted molar refractivity (Wildman–Crippen MR) is 249 cm³/mol. The number of piperidine rings is 1. The zero-order chi connectivity index (χ0) is 47.4. The molecular formula is C50H51F4N9O5. The van der Waals surface area contributed by atoms with Crippen molar-refractivity contribution in [2.45, 2.75) is 64.3 Å². The summed E-state index contributed by atoms with van der Waals surface area (Å²) in [5, 5.41) is 15.3. The number of fused-ring (bicyclic) bond motifs is 1. The minimum Gasteiger partial charge on any atom is -0.492 e. The Bertz CT molecular complexity index is 2960. The van der Waals surface area contributed by atoms with Crippen LogP contribution in [0.3, 0.4) is 0 Å². The number of pyridine rings is 1. The van der Waals surface area contributed by atoms with Crippen LogP contribution >= 0.6 is 0 Å². The Labute approximate surface area is 389 Å². The van der Waals surface area contributed by atoms with Gasteiger partial charge in [0, 0.05) is 78.8 Å². The Morgan fingerprint density at radius 3 is 2.53 bits per heavy atom. The molecule has 2 aliphatic rings. The lowest BCUT2D eigenvalue weighted by molar-refractivity contribution is -0.140. The van der Waals surface area contributed by atoms with Crippen molar-refractivity contribution in [3.8, 4) is 34.5 Å². The molecule has 2 atom stereocenters. The maximum Gasteiger partial charge on any atom is 0.406 e. The fourth-order valence-corrected chi connectivity index (χ4v) is 8.71. The molecule has 2 aliphatic heterocycles. The van der Waals surface area contributed by atoms with E-state index in [2.05, 4.69) is 42.7 Å². The Kier molecular flexibility index (Phi) is 13.5. The molecule has 14 nitrogen and oxygen atoms in total. The number of hydrogen-bond acceptors (Lipinski definition) is 12. The first-order chi connectivity index (χ1) is 32.8. The number of aryl methyl sites for hydroxylation is 2. The fourth-order valence-electron chi connectivity index (χ4n) is 8.71. The number of rotatable bonds is 16. The average Bonchev–Trinajstić information content (AvgIpc) is 4.01. The highest BCUT2D eigenvalue weighted by Gasteiger charge is 2.33. The summed E-state index contributed by atoms with van der Waals surface area (Å²) in [7, 11) is 1.87. The molecule has 6 heterocycles. The van der Waals surface area contributed by atoms with E-state index >= 15 is 0 Å². The third kappa shape index (κ3) is 11.0. The van der Waals surface area contributed by atoms with Gasteiger partial charge in [0.15, 0.2) is 12.4 Å². The standard InChI is InChI=1S/C50H51F4N9O5/c1-32-48(33(2)67-58-32)35-12-17-47(64)62(28-35)25-34-7-4-9-40(23-34)66-30-46-57-49(59-68-46)36-26-61(27-36)21-22-65-39-15-13-37(14-16-39)55-19-6-8-38-24-41-43(56-44-18-20-60(3)29-42(44)51)10-5-11-45(41)63(38)31-50(52,53)54/h4-5,7,9-17,23-24,28,36,42,44,55-56H,18-22,25-27,29-31H2,1-3H3/t42-,44+/m0/s1. The summed E-state index contributed by atoms with van der Waals surface area (Å²) < 4.78 is 81.6. The maximum atomic E-state index is 14.8. The molecule has 2 N–H and O–H groups in total. The van der Waals surface area contributed by atoms with Gasteiger partial charge in [-0.3, -0.25) is 9.69 Å². The lowest BCUT2D eigenvalue weighted by atomic mass is 10.00. The number of nitrogens with one attached hydrogen (secondary N) is 2. The van der Waals surface area contributed by atoms with Gasteiger partial charge >= 0.3 is 6.18 Å². The monoisotopic (exact) mass is 933 g/mol. The Morgan fingerprint density at radius 1 is 0.926 bits per heavy atom. The second-order valence-electron chi connectivity index (χ2n) is 17.3. The molecular weight excluding hydrogens is 883 g/mol. The van der Waals surface area contributed by atoms with E-state index in [1.807, 2.05) is 80.5 Å². The van der Waals surface area contributed by atoms with Gasteiger partial charge in [-0.15, -0.1) is 0 Å². The number of aromatic nitrogens is 5. The highest BCUT2D eigenvalue weighted by atomic mass is 19.4. The van der Waals surface area contributed by atoms with E-state index in [1.54, 1.807) is 41.0 Å². The van der Waals surface area contributed by atoms with E-state index in [-0.39, 0.29) is 30.3 Å². The maximum absolute atomic E-state index is 14.8. The molecule has 4 aromatic heterocycles. The van der Waals surface area contributed by atoms with E-state index in [1.165, 1.54) is 4.57 Å². The Morgan fingerprint density at radius 2 is 1.75 bits per heavy atom. The van der Waals surface area contributed by atoms with E-state index in [9.17, 15) is 22.4 Å². The van der Waals surface area contributed by atoms with Gasteiger partial charge in [0.05, 0.1) is 36.0 Å². The summed E-state index contributed by atoms with van der Waals surface area (Å²) >= 11 is 0. The molecule has 3 aromatic carbocycles. The minimum absolute atomic E-state index is 0.101. The second-order valence-corrected chi connectivity index (χ2v) is 17.3. The molecule has 7 aromatic rings. The van der Waals surface area contributed by atoms with Gasteiger partial charge in [0.1, 0.15) is 36.6 Å². The molecule has 0 unspecified atom stereocenters. The predicted octanol–water partition coefficient (Wildman–Crippen LogP) is 8.04. The number of ether oxygens (including phenoxy) is 2. The first-order valence-electron chi connectivity index (χ1n) is 22.5. The molecule has 354 valence electrons. The summed E-state index contributed by atoms with van der Waals surface area (Å²) in [5.74, 6) is 9.02. The number of likely N-dealkylation sites (tertiary alicyclic amines) is 2. The van der Waals surface area contributed by atoms with E-state index in [4.69, 9.17) is 18.5 Å². The summed E-state index contributed by atoms with van der Waals surface area (Å²) in [4.78, 5) is 21.5. The molecule has 0 spiro atoms. The topological polar surface area (TPSA) is 141 Å². The largest absolute Gasteiger partial charge is 0.492 e. The molecule has 0 radical (unpaired) electrons. The minimum atomic E-state index is -4.46. The molecule has 0 saturated carbocycles. The Balaban J connectivity index is 0.709. The van der Waals surface area contributed by atoms with Gasteiger partial charge in [-0.2, -0.15) is 18.2 Å². The van der Waals surface area contributed by atoms with Crippen LogP contribution in [0, 0.1) is 25.7 Å². The van der Waals surface area contributed by atoms with Crippen molar-refractivity contribution in [3.05, 3.63) is 136 Å². The molecule has 68 heavy (non-hydrogen) atoms. The lowest BCUT2D eigenvalue weighted by Gasteiger charge is -2.37. The van der Waals surface area contributed by atoms with Crippen molar-refractivity contribution >= 4 is 22.3 Å². The molecule has 2 saturated heterocycles. The smallest absolute Gasteiger partial charge is 0.406 e. The van der Waals surface area contributed by atoms with Crippen LogP contribution in [0.4, 0.5) is 28.9 Å². The van der Waals surface area contributed by atoms with Crippen LogP contribution in [0.15, 0.2) is 105 Å². The van der Waals surface area contributed by atoms with Crippen molar-refractivity contribution < 1.29 is 36.1 Å². The summed E-state index contributed by atoms with van der Waals surface area (Å²) in [6, 6.07) is 24.5. The van der Waals surface area contributed by atoms with Crippen LogP contribution in [0.5, 0.6) is 11.5 Å². The van der Waals surface area contributed by atoms with Crippen LogP contribution in [0.25, 0.3) is 22.0 Å². The third-order valence-corrected chi connectivity index (χ3v) is 12.2. The highest BCUT2D eigenvalue weighted by molar-refractivity contribution is 5.94. The van der Waals surface area contributed by atoms with Crippen molar-refractivity contribution in [1.82, 2.24) is 34.2 Å². The zero-order valence-corrected chi connectivity index (χ0v) is 37.9. The van der Waals surface area contributed by atoms with Gasteiger partial charge in [-0.1, -0.05) is 34.4 Å². The van der Waals surface area contributed by atoms with Crippen molar-refractivity contribution in [2.75, 3.05) is 63.6 Å². The molecule has 0 amide bonds. The van der Waals surface area contributed by atoms with Gasteiger partial charge in [0.2, 0.25) is 0 Å². The summed E-state index contributed by atoms with van der Waals surface area (Å²) in [5.41, 5.74) is 5.23. The summed E-state index contributed by atoms with van der Waals surface area (Å²) in [6.45, 7) is 6.92. The van der Waals surface area contributed by atoms with E-state index < -0.39 is 24.9 Å². The van der Waals surface area contributed by atoms with Crippen LogP contribution in [0.1, 0.15) is 46.8 Å². The number of hydrogen-bond donors (Lipinski definition) is 2. The molecule has 18 heteroatoms. The second kappa shape index (κ2) is 20.0. The molecule has 2 fully saturated rings. The number of benzene rings is 3. The third-order valence-electron chi connectivity index (χ3n) is 12.2. The van der Waals surface area contributed by atoms with Crippen molar-refractivity contribution in [3.63, 3.8) is 0 Å². The Hall–Kier alpha value is -7.10. The number of nitrogens with zero attached hydrogens (tertiary/aromatic N) is 7. The van der Waals surface area contributed by atoms with Crippen LogP contribution in [0.2, 0.25) is 0 Å². The molecule has 9 rings (SSSR count). The van der Waals surface area contributed by atoms with Gasteiger partial charge in [-0.05, 0) is 99.5 Å². The van der Waals surface area contributed by atoms with Crippen LogP contribution in [-0.4, -0.2) is 106 Å². The molecule has 0 aliphatic carbocycles. The zero-order valence-electron chi connectivity index (χ0n) is 37.9. The normalized spacial score (nSPS) is 16.9. The number of anilines is 2. The first kappa shape index (κ1) is 46.0. The average molecular weight is 934 g/mol. The van der Waals surface area contributed by atoms with Crippen molar-refractivity contribution in [2.24, 2.45) is 0 Å². The fraction of sp³-hybridized carbons (Fsp3) is 0.360. The first-order valence-corrected chi connectivity index (χ1v) is 22.5. The van der Waals surface area contributed by atoms with E-state index in [0.29, 0.717) is 78.2 Å². The van der Waals surface area contributed by atoms with Gasteiger partial charge < -0.3 is 43.2 Å². The van der Waals surface area contributed by atoms with E-state index in [0.717, 1.165) is 47.7 Å². The lowest BCUT2D eigenvalue weighted by Crippen LogP contribution is -2.47. The molecule has 0 bridgehead atoms.